The molecule has 4 heteroatoms. The summed E-state index contributed by atoms with van der Waals surface area (Å²) in [6.07, 6.45) is 1.90. The van der Waals surface area contributed by atoms with Crippen molar-refractivity contribution in [2.24, 2.45) is 0 Å². The summed E-state index contributed by atoms with van der Waals surface area (Å²) in [5, 5.41) is 21.5. The molecule has 0 spiro atoms. The molecule has 0 aliphatic carbocycles. The zero-order valence-corrected chi connectivity index (χ0v) is 7.58. The summed E-state index contributed by atoms with van der Waals surface area (Å²) in [7, 11) is 0. The number of rotatable bonds is 1. The van der Waals surface area contributed by atoms with Gasteiger partial charge in [-0.05, 0) is 24.5 Å². The Morgan fingerprint density at radius 1 is 1.43 bits per heavy atom. The van der Waals surface area contributed by atoms with Gasteiger partial charge in [-0.1, -0.05) is 6.07 Å². The molecule has 4 nitrogen and oxygen atoms in total. The number of carboxylic acids is 1. The van der Waals surface area contributed by atoms with E-state index in [1.54, 1.807) is 6.07 Å². The van der Waals surface area contributed by atoms with Gasteiger partial charge in [-0.15, -0.1) is 0 Å². The molecular formula is C10H11NO3. The van der Waals surface area contributed by atoms with Crippen molar-refractivity contribution in [2.45, 2.75) is 12.8 Å². The molecular weight excluding hydrogens is 182 g/mol. The number of hydrogen-bond donors (Lipinski definition) is 3. The first-order valence-electron chi connectivity index (χ1n) is 4.52. The van der Waals surface area contributed by atoms with E-state index in [0.717, 1.165) is 24.9 Å². The van der Waals surface area contributed by atoms with Gasteiger partial charge in [0.1, 0.15) is 5.56 Å². The molecule has 0 amide bonds. The predicted octanol–water partition coefficient (Wildman–Crippen LogP) is 1.45. The summed E-state index contributed by atoms with van der Waals surface area (Å²) in [5.74, 6) is -1.24. The molecule has 0 unspecified atom stereocenters. The van der Waals surface area contributed by atoms with Crippen molar-refractivity contribution >= 4 is 11.7 Å². The van der Waals surface area contributed by atoms with Crippen LogP contribution in [0.25, 0.3) is 0 Å². The van der Waals surface area contributed by atoms with Crippen molar-refractivity contribution in [3.8, 4) is 5.75 Å². The second-order valence-corrected chi connectivity index (χ2v) is 3.33. The topological polar surface area (TPSA) is 69.6 Å². The lowest BCUT2D eigenvalue weighted by molar-refractivity contribution is 0.0694. The third-order valence-corrected chi connectivity index (χ3v) is 2.42. The quantitative estimate of drug-likeness (QED) is 0.590. The summed E-state index contributed by atoms with van der Waals surface area (Å²) in [6, 6.07) is 3.20. The Morgan fingerprint density at radius 3 is 2.93 bits per heavy atom. The monoisotopic (exact) mass is 193 g/mol. The lowest BCUT2D eigenvalue weighted by Crippen LogP contribution is -2.13. The van der Waals surface area contributed by atoms with Gasteiger partial charge in [0.2, 0.25) is 0 Å². The first kappa shape index (κ1) is 8.87. The fourth-order valence-corrected chi connectivity index (χ4v) is 1.70. The number of hydrogen-bond acceptors (Lipinski definition) is 3. The van der Waals surface area contributed by atoms with Crippen LogP contribution in [0.1, 0.15) is 22.3 Å². The van der Waals surface area contributed by atoms with Crippen molar-refractivity contribution in [3.05, 3.63) is 23.3 Å². The minimum Gasteiger partial charge on any atom is -0.505 e. The minimum absolute atomic E-state index is 0.0434. The van der Waals surface area contributed by atoms with E-state index in [0.29, 0.717) is 5.69 Å². The molecule has 0 atom stereocenters. The van der Waals surface area contributed by atoms with Crippen LogP contribution >= 0.6 is 0 Å². The lowest BCUT2D eigenvalue weighted by atomic mass is 10.00. The minimum atomic E-state index is -1.10. The van der Waals surface area contributed by atoms with Crippen molar-refractivity contribution in [1.29, 1.82) is 0 Å². The highest BCUT2D eigenvalue weighted by molar-refractivity contribution is 5.93. The van der Waals surface area contributed by atoms with Crippen LogP contribution < -0.4 is 5.32 Å². The number of aromatic hydroxyl groups is 1. The van der Waals surface area contributed by atoms with Gasteiger partial charge < -0.3 is 15.5 Å². The number of nitrogens with one attached hydrogen (secondary N) is 1. The summed E-state index contributed by atoms with van der Waals surface area (Å²) >= 11 is 0. The van der Waals surface area contributed by atoms with Crippen LogP contribution in [-0.2, 0) is 6.42 Å². The number of carbonyl (C=O) groups is 1. The van der Waals surface area contributed by atoms with E-state index in [4.69, 9.17) is 5.11 Å². The van der Waals surface area contributed by atoms with Gasteiger partial charge in [-0.2, -0.15) is 0 Å². The maximum absolute atomic E-state index is 10.7. The average molecular weight is 193 g/mol. The number of anilines is 1. The van der Waals surface area contributed by atoms with Crippen LogP contribution in [0.5, 0.6) is 5.75 Å². The number of phenols is 1. The van der Waals surface area contributed by atoms with Crippen LogP contribution in [-0.4, -0.2) is 22.7 Å². The van der Waals surface area contributed by atoms with Gasteiger partial charge in [0, 0.05) is 6.54 Å². The van der Waals surface area contributed by atoms with Gasteiger partial charge in [-0.25, -0.2) is 4.79 Å². The normalized spacial score (nSPS) is 14.3. The molecule has 14 heavy (non-hydrogen) atoms. The number of aryl methyl sites for hydroxylation is 1. The van der Waals surface area contributed by atoms with E-state index in [2.05, 4.69) is 5.32 Å². The summed E-state index contributed by atoms with van der Waals surface area (Å²) in [6.45, 7) is 0.781. The molecule has 1 aliphatic rings. The van der Waals surface area contributed by atoms with E-state index in [1.165, 1.54) is 6.07 Å². The Bertz CT molecular complexity index is 387. The number of fused-ring (bicyclic) bond motifs is 1. The Kier molecular flexibility index (Phi) is 2.04. The van der Waals surface area contributed by atoms with E-state index in [9.17, 15) is 9.90 Å². The zero-order valence-electron chi connectivity index (χ0n) is 7.58. The standard InChI is InChI=1S/C10H11NO3/c12-9-7(10(13)14)4-3-6-2-1-5-11-8(6)9/h3-4,11-12H,1-2,5H2,(H,13,14). The van der Waals surface area contributed by atoms with Gasteiger partial charge >= 0.3 is 5.97 Å². The maximum atomic E-state index is 10.7. The first-order chi connectivity index (χ1) is 6.70. The van der Waals surface area contributed by atoms with Crippen molar-refractivity contribution in [3.63, 3.8) is 0 Å². The smallest absolute Gasteiger partial charge is 0.339 e. The Balaban J connectivity index is 2.54. The average Bonchev–Trinajstić information content (AvgIpc) is 2.18. The highest BCUT2D eigenvalue weighted by atomic mass is 16.4. The van der Waals surface area contributed by atoms with Crippen LogP contribution in [0.3, 0.4) is 0 Å². The molecule has 3 N–H and O–H groups in total. The molecule has 0 saturated heterocycles. The molecule has 1 aromatic carbocycles. The van der Waals surface area contributed by atoms with E-state index < -0.39 is 5.97 Å². The summed E-state index contributed by atoms with van der Waals surface area (Å²) < 4.78 is 0. The van der Waals surface area contributed by atoms with Crippen molar-refractivity contribution < 1.29 is 15.0 Å². The van der Waals surface area contributed by atoms with Gasteiger partial charge in [0.15, 0.2) is 5.75 Å². The fourth-order valence-electron chi connectivity index (χ4n) is 1.70. The number of benzene rings is 1. The van der Waals surface area contributed by atoms with Gasteiger partial charge in [-0.3, -0.25) is 0 Å². The molecule has 0 saturated carbocycles. The molecule has 2 rings (SSSR count). The number of aromatic carboxylic acids is 1. The molecule has 1 heterocycles. The second kappa shape index (κ2) is 3.21. The Morgan fingerprint density at radius 2 is 2.21 bits per heavy atom. The number of carboxylic acid groups (broad SMARTS) is 1. The highest BCUT2D eigenvalue weighted by Crippen LogP contribution is 2.34. The summed E-state index contributed by atoms with van der Waals surface area (Å²) in [4.78, 5) is 10.7. The summed E-state index contributed by atoms with van der Waals surface area (Å²) in [5.41, 5.74) is 1.52. The van der Waals surface area contributed by atoms with Gasteiger partial charge in [0.25, 0.3) is 0 Å². The SMILES string of the molecule is O=C(O)c1ccc2c(c1O)NCCC2. The van der Waals surface area contributed by atoms with Gasteiger partial charge in [0.05, 0.1) is 5.69 Å². The molecule has 0 bridgehead atoms. The van der Waals surface area contributed by atoms with Crippen LogP contribution in [0.15, 0.2) is 12.1 Å². The van der Waals surface area contributed by atoms with Crippen molar-refractivity contribution in [2.75, 3.05) is 11.9 Å². The molecule has 0 fully saturated rings. The largest absolute Gasteiger partial charge is 0.505 e. The second-order valence-electron chi connectivity index (χ2n) is 3.33. The van der Waals surface area contributed by atoms with E-state index >= 15 is 0 Å². The fraction of sp³-hybridized carbons (Fsp3) is 0.300. The lowest BCUT2D eigenvalue weighted by Gasteiger charge is -2.19. The molecule has 1 aliphatic heterocycles. The molecule has 74 valence electrons. The molecule has 0 aromatic heterocycles. The van der Waals surface area contributed by atoms with Crippen molar-refractivity contribution in [1.82, 2.24) is 0 Å². The van der Waals surface area contributed by atoms with E-state index in [-0.39, 0.29) is 11.3 Å². The maximum Gasteiger partial charge on any atom is 0.339 e. The predicted molar refractivity (Wildman–Crippen MR) is 51.9 cm³/mol. The third-order valence-electron chi connectivity index (χ3n) is 2.42. The first-order valence-corrected chi connectivity index (χ1v) is 4.52. The van der Waals surface area contributed by atoms with E-state index in [1.807, 2.05) is 0 Å². The zero-order chi connectivity index (χ0) is 10.1. The highest BCUT2D eigenvalue weighted by Gasteiger charge is 2.18. The van der Waals surface area contributed by atoms with Crippen LogP contribution in [0, 0.1) is 0 Å². The third kappa shape index (κ3) is 1.28. The molecule has 1 aromatic rings. The Labute approximate surface area is 81.2 Å². The Hall–Kier alpha value is -1.71. The molecule has 0 radical (unpaired) electrons. The van der Waals surface area contributed by atoms with Crippen LogP contribution in [0.4, 0.5) is 5.69 Å². The van der Waals surface area contributed by atoms with Crippen LogP contribution in [0.2, 0.25) is 0 Å².